The molecule has 1 aliphatic carbocycles. The number of nitrogens with zero attached hydrogens (tertiary/aromatic N) is 1. The van der Waals surface area contributed by atoms with Crippen LogP contribution in [-0.2, 0) is 11.2 Å². The van der Waals surface area contributed by atoms with Crippen molar-refractivity contribution in [2.45, 2.75) is 44.9 Å². The van der Waals surface area contributed by atoms with Crippen LogP contribution >= 0.6 is 15.9 Å². The first-order valence-corrected chi connectivity index (χ1v) is 7.18. The average Bonchev–Trinajstić information content (AvgIpc) is 2.61. The Bertz CT molecular complexity index is 366. The van der Waals surface area contributed by atoms with Crippen molar-refractivity contribution in [2.75, 3.05) is 0 Å². The van der Waals surface area contributed by atoms with Crippen LogP contribution in [-0.4, -0.2) is 10.8 Å². The van der Waals surface area contributed by atoms with Gasteiger partial charge in [0, 0.05) is 28.7 Å². The van der Waals surface area contributed by atoms with Crippen LogP contribution in [0.1, 0.15) is 44.2 Å². The summed E-state index contributed by atoms with van der Waals surface area (Å²) in [5.41, 5.74) is 0.891. The standard InChI is InChI=1S/C14H18BrNO/c15-12-7-8-13(16-10-12)9-14(17)11-5-3-1-2-4-6-11/h7-8,10-11H,1-6,9H2. The third kappa shape index (κ3) is 3.91. The minimum Gasteiger partial charge on any atom is -0.299 e. The number of hydrogen-bond acceptors (Lipinski definition) is 2. The van der Waals surface area contributed by atoms with Crippen molar-refractivity contribution in [3.05, 3.63) is 28.5 Å². The van der Waals surface area contributed by atoms with Crippen molar-refractivity contribution in [3.8, 4) is 0 Å². The molecule has 1 heterocycles. The molecule has 0 atom stereocenters. The van der Waals surface area contributed by atoms with Gasteiger partial charge in [0.25, 0.3) is 0 Å². The molecule has 0 bridgehead atoms. The molecule has 2 nitrogen and oxygen atoms in total. The highest BCUT2D eigenvalue weighted by molar-refractivity contribution is 9.10. The molecule has 0 saturated heterocycles. The van der Waals surface area contributed by atoms with Gasteiger partial charge in [0.2, 0.25) is 0 Å². The Morgan fingerprint density at radius 2 is 1.94 bits per heavy atom. The molecule has 1 saturated carbocycles. The summed E-state index contributed by atoms with van der Waals surface area (Å²) in [7, 11) is 0. The van der Waals surface area contributed by atoms with Gasteiger partial charge in [0.1, 0.15) is 5.78 Å². The summed E-state index contributed by atoms with van der Waals surface area (Å²) >= 11 is 3.35. The number of carbonyl (C=O) groups excluding carboxylic acids is 1. The Morgan fingerprint density at radius 1 is 1.24 bits per heavy atom. The van der Waals surface area contributed by atoms with E-state index < -0.39 is 0 Å². The third-order valence-electron chi connectivity index (χ3n) is 3.45. The zero-order valence-corrected chi connectivity index (χ0v) is 11.6. The van der Waals surface area contributed by atoms with Gasteiger partial charge in [-0.05, 0) is 40.9 Å². The normalized spacial score (nSPS) is 17.7. The molecule has 1 aromatic heterocycles. The molecule has 3 heteroatoms. The first kappa shape index (κ1) is 12.7. The molecule has 2 rings (SSSR count). The predicted molar refractivity (Wildman–Crippen MR) is 71.8 cm³/mol. The van der Waals surface area contributed by atoms with Crippen molar-refractivity contribution < 1.29 is 4.79 Å². The van der Waals surface area contributed by atoms with E-state index in [1.165, 1.54) is 25.7 Å². The van der Waals surface area contributed by atoms with E-state index in [1.807, 2.05) is 12.1 Å². The van der Waals surface area contributed by atoms with E-state index in [0.717, 1.165) is 23.0 Å². The lowest BCUT2D eigenvalue weighted by molar-refractivity contribution is -0.122. The molecule has 0 radical (unpaired) electrons. The molecule has 0 aromatic carbocycles. The lowest BCUT2D eigenvalue weighted by Gasteiger charge is -2.12. The van der Waals surface area contributed by atoms with Crippen molar-refractivity contribution in [1.29, 1.82) is 0 Å². The highest BCUT2D eigenvalue weighted by atomic mass is 79.9. The Kier molecular flexibility index (Phi) is 4.72. The number of pyridine rings is 1. The second-order valence-electron chi connectivity index (χ2n) is 4.80. The summed E-state index contributed by atoms with van der Waals surface area (Å²) in [4.78, 5) is 16.4. The molecular weight excluding hydrogens is 278 g/mol. The number of Topliss-reactive ketones (excluding diaryl/α,β-unsaturated/α-hetero) is 1. The zero-order valence-electron chi connectivity index (χ0n) is 9.99. The third-order valence-corrected chi connectivity index (χ3v) is 3.92. The van der Waals surface area contributed by atoms with E-state index in [2.05, 4.69) is 20.9 Å². The van der Waals surface area contributed by atoms with Gasteiger partial charge in [-0.2, -0.15) is 0 Å². The van der Waals surface area contributed by atoms with Crippen molar-refractivity contribution in [1.82, 2.24) is 4.98 Å². The minimum atomic E-state index is 0.281. The van der Waals surface area contributed by atoms with Crippen LogP contribution in [0, 0.1) is 5.92 Å². The van der Waals surface area contributed by atoms with Crippen LogP contribution < -0.4 is 0 Å². The van der Waals surface area contributed by atoms with E-state index in [9.17, 15) is 4.79 Å². The monoisotopic (exact) mass is 295 g/mol. The van der Waals surface area contributed by atoms with Crippen LogP contribution in [0.15, 0.2) is 22.8 Å². The number of hydrogen-bond donors (Lipinski definition) is 0. The maximum absolute atomic E-state index is 12.2. The lowest BCUT2D eigenvalue weighted by Crippen LogP contribution is -2.16. The van der Waals surface area contributed by atoms with Crippen LogP contribution in [0.25, 0.3) is 0 Å². The highest BCUT2D eigenvalue weighted by Gasteiger charge is 2.20. The Labute approximate surface area is 111 Å². The largest absolute Gasteiger partial charge is 0.299 e. The molecule has 0 spiro atoms. The summed E-state index contributed by atoms with van der Waals surface area (Å²) in [6.07, 6.45) is 9.42. The van der Waals surface area contributed by atoms with Crippen LogP contribution in [0.5, 0.6) is 0 Å². The Morgan fingerprint density at radius 3 is 2.53 bits per heavy atom. The number of rotatable bonds is 3. The molecular formula is C14H18BrNO. The quantitative estimate of drug-likeness (QED) is 0.791. The van der Waals surface area contributed by atoms with E-state index >= 15 is 0 Å². The molecule has 0 amide bonds. The molecule has 0 unspecified atom stereocenters. The fraction of sp³-hybridized carbons (Fsp3) is 0.571. The van der Waals surface area contributed by atoms with Crippen molar-refractivity contribution in [3.63, 3.8) is 0 Å². The SMILES string of the molecule is O=C(Cc1ccc(Br)cn1)C1CCCCCC1. The smallest absolute Gasteiger partial charge is 0.141 e. The minimum absolute atomic E-state index is 0.281. The van der Waals surface area contributed by atoms with Gasteiger partial charge in [-0.15, -0.1) is 0 Å². The van der Waals surface area contributed by atoms with Crippen LogP contribution in [0.4, 0.5) is 0 Å². The van der Waals surface area contributed by atoms with E-state index in [1.54, 1.807) is 6.20 Å². The molecule has 92 valence electrons. The van der Waals surface area contributed by atoms with E-state index in [0.29, 0.717) is 12.2 Å². The van der Waals surface area contributed by atoms with Gasteiger partial charge in [0.05, 0.1) is 0 Å². The summed E-state index contributed by atoms with van der Waals surface area (Å²) < 4.78 is 0.961. The van der Waals surface area contributed by atoms with Crippen LogP contribution in [0.2, 0.25) is 0 Å². The first-order chi connectivity index (χ1) is 8.25. The van der Waals surface area contributed by atoms with Gasteiger partial charge in [-0.3, -0.25) is 9.78 Å². The van der Waals surface area contributed by atoms with Gasteiger partial charge in [-0.25, -0.2) is 0 Å². The lowest BCUT2D eigenvalue weighted by atomic mass is 9.93. The Hall–Kier alpha value is -0.700. The summed E-state index contributed by atoms with van der Waals surface area (Å²) in [6, 6.07) is 3.88. The van der Waals surface area contributed by atoms with Gasteiger partial charge < -0.3 is 0 Å². The number of ketones is 1. The summed E-state index contributed by atoms with van der Waals surface area (Å²) in [6.45, 7) is 0. The second kappa shape index (κ2) is 6.29. The molecule has 0 N–H and O–H groups in total. The molecule has 1 aliphatic rings. The van der Waals surface area contributed by atoms with Gasteiger partial charge >= 0.3 is 0 Å². The Balaban J connectivity index is 1.93. The first-order valence-electron chi connectivity index (χ1n) is 6.39. The van der Waals surface area contributed by atoms with Crippen molar-refractivity contribution >= 4 is 21.7 Å². The topological polar surface area (TPSA) is 30.0 Å². The molecule has 1 fully saturated rings. The number of carbonyl (C=O) groups is 1. The second-order valence-corrected chi connectivity index (χ2v) is 5.72. The molecule has 1 aromatic rings. The fourth-order valence-electron chi connectivity index (χ4n) is 2.44. The highest BCUT2D eigenvalue weighted by Crippen LogP contribution is 2.24. The number of aromatic nitrogens is 1. The van der Waals surface area contributed by atoms with Gasteiger partial charge in [-0.1, -0.05) is 25.7 Å². The van der Waals surface area contributed by atoms with Crippen LogP contribution in [0.3, 0.4) is 0 Å². The zero-order chi connectivity index (χ0) is 12.1. The predicted octanol–water partition coefficient (Wildman–Crippen LogP) is 3.93. The summed E-state index contributed by atoms with van der Waals surface area (Å²) in [5.74, 6) is 0.657. The molecule has 0 aliphatic heterocycles. The van der Waals surface area contributed by atoms with E-state index in [-0.39, 0.29) is 5.92 Å². The fourth-order valence-corrected chi connectivity index (χ4v) is 2.67. The maximum Gasteiger partial charge on any atom is 0.141 e. The van der Waals surface area contributed by atoms with E-state index in [4.69, 9.17) is 0 Å². The summed E-state index contributed by atoms with van der Waals surface area (Å²) in [5, 5.41) is 0. The van der Waals surface area contributed by atoms with Crippen molar-refractivity contribution in [2.24, 2.45) is 5.92 Å². The van der Waals surface area contributed by atoms with Gasteiger partial charge in [0.15, 0.2) is 0 Å². The average molecular weight is 296 g/mol. The maximum atomic E-state index is 12.2. The number of halogens is 1. The molecule has 17 heavy (non-hydrogen) atoms.